The van der Waals surface area contributed by atoms with Crippen LogP contribution in [0.5, 0.6) is 0 Å². The molecule has 1 atom stereocenters. The highest BCUT2D eigenvalue weighted by atomic mass is 19.4. The minimum atomic E-state index is -4.87. The number of carbonyl (C=O) groups excluding carboxylic acids is 1. The normalized spacial score (nSPS) is 15.6. The Bertz CT molecular complexity index is 1530. The van der Waals surface area contributed by atoms with Crippen LogP contribution in [-0.4, -0.2) is 30.8 Å². The molecule has 1 amide bonds. The number of pyridine rings is 2. The Kier molecular flexibility index (Phi) is 5.67. The maximum absolute atomic E-state index is 14.5. The molecule has 4 heterocycles. The van der Waals surface area contributed by atoms with Crippen LogP contribution >= 0.6 is 0 Å². The van der Waals surface area contributed by atoms with E-state index in [9.17, 15) is 27.5 Å². The van der Waals surface area contributed by atoms with Gasteiger partial charge in [-0.05, 0) is 42.8 Å². The molecule has 0 radical (unpaired) electrons. The Hall–Kier alpha value is -4.32. The molecule has 3 aromatic heterocycles. The number of halogens is 4. The van der Waals surface area contributed by atoms with Gasteiger partial charge >= 0.3 is 6.18 Å². The molecule has 0 spiro atoms. The molecule has 0 aliphatic carbocycles. The van der Waals surface area contributed by atoms with Gasteiger partial charge in [0, 0.05) is 29.5 Å². The summed E-state index contributed by atoms with van der Waals surface area (Å²) in [5.41, 5.74) is -0.0327. The van der Waals surface area contributed by atoms with Crippen molar-refractivity contribution in [1.82, 2.24) is 19.7 Å². The van der Waals surface area contributed by atoms with Crippen LogP contribution in [0.1, 0.15) is 29.8 Å². The predicted octanol–water partition coefficient (Wildman–Crippen LogP) is 4.40. The largest absolute Gasteiger partial charge is 0.419 e. The van der Waals surface area contributed by atoms with Gasteiger partial charge in [-0.3, -0.25) is 9.78 Å². The molecule has 5 rings (SSSR count). The van der Waals surface area contributed by atoms with Crippen molar-refractivity contribution in [3.05, 3.63) is 88.8 Å². The SMILES string of the molecule is CC1=C(C(=O)Nc2ccc3cnccc3n2)C(c2ccc(C(F)(F)F)c(F)c2)n2nc(CO)cc2N1. The van der Waals surface area contributed by atoms with Gasteiger partial charge < -0.3 is 15.7 Å². The van der Waals surface area contributed by atoms with Crippen LogP contribution in [0.2, 0.25) is 0 Å². The fourth-order valence-electron chi connectivity index (χ4n) is 4.15. The lowest BCUT2D eigenvalue weighted by atomic mass is 9.93. The Morgan fingerprint density at radius 1 is 1.19 bits per heavy atom. The number of alkyl halides is 3. The number of hydrogen-bond acceptors (Lipinski definition) is 6. The van der Waals surface area contributed by atoms with Gasteiger partial charge in [0.25, 0.3) is 5.91 Å². The second-order valence-corrected chi connectivity index (χ2v) is 8.15. The number of nitrogens with zero attached hydrogens (tertiary/aromatic N) is 4. The zero-order valence-electron chi connectivity index (χ0n) is 18.6. The number of aromatic nitrogens is 4. The fourth-order valence-corrected chi connectivity index (χ4v) is 4.15. The molecule has 12 heteroatoms. The van der Waals surface area contributed by atoms with Crippen LogP contribution in [0.4, 0.5) is 29.2 Å². The first-order valence-corrected chi connectivity index (χ1v) is 10.7. The summed E-state index contributed by atoms with van der Waals surface area (Å²) in [4.78, 5) is 21.9. The number of aliphatic hydroxyl groups is 1. The van der Waals surface area contributed by atoms with Crippen molar-refractivity contribution in [1.29, 1.82) is 0 Å². The van der Waals surface area contributed by atoms with Crippen LogP contribution in [-0.2, 0) is 17.6 Å². The Morgan fingerprint density at radius 2 is 2.00 bits per heavy atom. The first-order valence-electron chi connectivity index (χ1n) is 10.7. The average molecular weight is 498 g/mol. The first kappa shape index (κ1) is 23.4. The highest BCUT2D eigenvalue weighted by Crippen LogP contribution is 2.39. The molecular weight excluding hydrogens is 480 g/mol. The van der Waals surface area contributed by atoms with Gasteiger partial charge in [-0.25, -0.2) is 14.1 Å². The zero-order valence-corrected chi connectivity index (χ0v) is 18.6. The number of carbonyl (C=O) groups is 1. The summed E-state index contributed by atoms with van der Waals surface area (Å²) in [6.07, 6.45) is -1.69. The van der Waals surface area contributed by atoms with Gasteiger partial charge in [-0.15, -0.1) is 0 Å². The number of fused-ring (bicyclic) bond motifs is 2. The van der Waals surface area contributed by atoms with Crippen LogP contribution in [0.25, 0.3) is 10.9 Å². The summed E-state index contributed by atoms with van der Waals surface area (Å²) in [6, 6.07) is 7.92. The summed E-state index contributed by atoms with van der Waals surface area (Å²) < 4.78 is 55.3. The Labute approximate surface area is 201 Å². The lowest BCUT2D eigenvalue weighted by Gasteiger charge is -2.30. The number of amides is 1. The van der Waals surface area contributed by atoms with E-state index < -0.39 is 36.1 Å². The summed E-state index contributed by atoms with van der Waals surface area (Å²) in [5, 5.41) is 20.3. The number of anilines is 2. The van der Waals surface area contributed by atoms with E-state index in [1.807, 2.05) is 0 Å². The van der Waals surface area contributed by atoms with E-state index in [1.54, 1.807) is 37.5 Å². The van der Waals surface area contributed by atoms with E-state index in [1.165, 1.54) is 10.7 Å². The van der Waals surface area contributed by atoms with Gasteiger partial charge in [0.1, 0.15) is 23.5 Å². The van der Waals surface area contributed by atoms with E-state index >= 15 is 0 Å². The zero-order chi connectivity index (χ0) is 25.6. The molecule has 4 aromatic rings. The molecule has 1 aromatic carbocycles. The van der Waals surface area contributed by atoms with Crippen molar-refractivity contribution in [3.8, 4) is 0 Å². The second kappa shape index (κ2) is 8.72. The van der Waals surface area contributed by atoms with Gasteiger partial charge in [-0.1, -0.05) is 6.07 Å². The number of allylic oxidation sites excluding steroid dienone is 1. The first-order chi connectivity index (χ1) is 17.2. The van der Waals surface area contributed by atoms with Crippen LogP contribution in [0.3, 0.4) is 0 Å². The number of aliphatic hydroxyl groups excluding tert-OH is 1. The fraction of sp³-hybridized carbons (Fsp3) is 0.167. The van der Waals surface area contributed by atoms with Crippen molar-refractivity contribution in [2.75, 3.05) is 10.6 Å². The van der Waals surface area contributed by atoms with Gasteiger partial charge in [0.15, 0.2) is 0 Å². The maximum atomic E-state index is 14.5. The molecule has 0 fully saturated rings. The van der Waals surface area contributed by atoms with Crippen molar-refractivity contribution < 1.29 is 27.5 Å². The summed E-state index contributed by atoms with van der Waals surface area (Å²) in [6.45, 7) is 1.20. The molecule has 184 valence electrons. The third kappa shape index (κ3) is 4.15. The maximum Gasteiger partial charge on any atom is 0.419 e. The molecule has 0 saturated carbocycles. The summed E-state index contributed by atoms with van der Waals surface area (Å²) >= 11 is 0. The molecule has 1 aliphatic rings. The van der Waals surface area contributed by atoms with Crippen LogP contribution in [0.15, 0.2) is 66.1 Å². The lowest BCUT2D eigenvalue weighted by Crippen LogP contribution is -2.31. The van der Waals surface area contributed by atoms with E-state index in [2.05, 4.69) is 25.7 Å². The summed E-state index contributed by atoms with van der Waals surface area (Å²) in [5.74, 6) is -1.47. The summed E-state index contributed by atoms with van der Waals surface area (Å²) in [7, 11) is 0. The van der Waals surface area contributed by atoms with Crippen molar-refractivity contribution in [2.24, 2.45) is 0 Å². The van der Waals surface area contributed by atoms with E-state index in [4.69, 9.17) is 0 Å². The Balaban J connectivity index is 1.58. The average Bonchev–Trinajstić information content (AvgIpc) is 3.24. The minimum Gasteiger partial charge on any atom is -0.390 e. The third-order valence-electron chi connectivity index (χ3n) is 5.78. The van der Waals surface area contributed by atoms with Gasteiger partial charge in [0.05, 0.1) is 29.0 Å². The van der Waals surface area contributed by atoms with Crippen molar-refractivity contribution in [3.63, 3.8) is 0 Å². The lowest BCUT2D eigenvalue weighted by molar-refractivity contribution is -0.140. The monoisotopic (exact) mass is 498 g/mol. The molecule has 1 aliphatic heterocycles. The molecular formula is C24H18F4N6O2. The van der Waals surface area contributed by atoms with Gasteiger partial charge in [0.2, 0.25) is 0 Å². The van der Waals surface area contributed by atoms with Crippen LogP contribution < -0.4 is 10.6 Å². The standard InChI is InChI=1S/C24H18F4N6O2/c1-12-21(23(36)32-19-5-3-14-10-29-7-6-18(14)31-19)22(34-20(30-12)9-15(11-35)33-34)13-2-4-16(17(25)8-13)24(26,27)28/h2-10,22,30,35H,11H2,1H3,(H,31,32,36). The number of benzene rings is 1. The number of rotatable bonds is 4. The van der Waals surface area contributed by atoms with Crippen molar-refractivity contribution in [2.45, 2.75) is 25.7 Å². The smallest absolute Gasteiger partial charge is 0.390 e. The Morgan fingerprint density at radius 3 is 2.72 bits per heavy atom. The van der Waals surface area contributed by atoms with Crippen LogP contribution in [0, 0.1) is 5.82 Å². The molecule has 3 N–H and O–H groups in total. The highest BCUT2D eigenvalue weighted by Gasteiger charge is 2.37. The molecule has 8 nitrogen and oxygen atoms in total. The van der Waals surface area contributed by atoms with E-state index in [0.717, 1.165) is 17.5 Å². The quantitative estimate of drug-likeness (QED) is 0.360. The van der Waals surface area contributed by atoms with E-state index in [0.29, 0.717) is 23.1 Å². The molecule has 0 bridgehead atoms. The van der Waals surface area contributed by atoms with Gasteiger partial charge in [-0.2, -0.15) is 18.3 Å². The highest BCUT2D eigenvalue weighted by molar-refractivity contribution is 6.06. The third-order valence-corrected chi connectivity index (χ3v) is 5.78. The predicted molar refractivity (Wildman–Crippen MR) is 122 cm³/mol. The number of hydrogen-bond donors (Lipinski definition) is 3. The molecule has 36 heavy (non-hydrogen) atoms. The van der Waals surface area contributed by atoms with Crippen molar-refractivity contribution >= 4 is 28.4 Å². The molecule has 1 unspecified atom stereocenters. The topological polar surface area (TPSA) is 105 Å². The van der Waals surface area contributed by atoms with E-state index in [-0.39, 0.29) is 22.6 Å². The minimum absolute atomic E-state index is 0.0675. The second-order valence-electron chi connectivity index (χ2n) is 8.15. The number of nitrogens with one attached hydrogen (secondary N) is 2. The molecule has 0 saturated heterocycles.